The van der Waals surface area contributed by atoms with E-state index in [0.717, 1.165) is 10.0 Å². The maximum absolute atomic E-state index is 12.5. The molecule has 0 saturated carbocycles. The van der Waals surface area contributed by atoms with E-state index < -0.39 is 0 Å². The van der Waals surface area contributed by atoms with Crippen LogP contribution in [0.4, 0.5) is 0 Å². The molecule has 24 heavy (non-hydrogen) atoms. The minimum absolute atomic E-state index is 0.0938. The first kappa shape index (κ1) is 18.7. The molecule has 0 aliphatic carbocycles. The maximum Gasteiger partial charge on any atom is 0.276 e. The minimum Gasteiger partial charge on any atom is -0.490 e. The van der Waals surface area contributed by atoms with Crippen LogP contribution in [-0.2, 0) is 4.79 Å². The molecule has 130 valence electrons. The third-order valence-corrected chi connectivity index (χ3v) is 4.80. The topological polar surface area (TPSA) is 42.0 Å². The van der Waals surface area contributed by atoms with Crippen molar-refractivity contribution in [1.29, 1.82) is 0 Å². The lowest BCUT2D eigenvalue weighted by Gasteiger charge is -2.14. The van der Waals surface area contributed by atoms with Crippen LogP contribution in [0.1, 0.15) is 26.3 Å². The van der Waals surface area contributed by atoms with Crippen molar-refractivity contribution in [2.45, 2.75) is 20.8 Å². The first-order valence-electron chi connectivity index (χ1n) is 7.84. The van der Waals surface area contributed by atoms with Crippen LogP contribution in [0.2, 0.25) is 0 Å². The second kappa shape index (κ2) is 7.98. The molecule has 1 saturated heterocycles. The second-order valence-electron chi connectivity index (χ2n) is 5.11. The number of benzene rings is 1. The van der Waals surface area contributed by atoms with Gasteiger partial charge in [-0.3, -0.25) is 9.69 Å². The first-order chi connectivity index (χ1) is 11.4. The molecule has 0 spiro atoms. The number of halogens is 1. The van der Waals surface area contributed by atoms with E-state index in [2.05, 4.69) is 15.9 Å². The molecule has 0 unspecified atom stereocenters. The molecular weight excluding hydrogens is 392 g/mol. The van der Waals surface area contributed by atoms with Gasteiger partial charge in [-0.05, 0) is 56.8 Å². The fourth-order valence-electron chi connectivity index (χ4n) is 2.44. The zero-order valence-corrected chi connectivity index (χ0v) is 16.7. The average molecular weight is 413 g/mol. The lowest BCUT2D eigenvalue weighted by molar-refractivity contribution is -0.122. The molecule has 1 amide bonds. The number of rotatable bonds is 6. The Morgan fingerprint density at radius 2 is 1.75 bits per heavy atom. The standard InChI is InChI=1S/C17H21BrN2O3S/c1-5-20-16(21)13(19(4)17(20)24)8-11-9-14(22-6-2)15(23-7-3)10-12(11)18/h8-10H,5-7H2,1-4H3/b13-8-. The highest BCUT2D eigenvalue weighted by atomic mass is 79.9. The Balaban J connectivity index is 2.47. The van der Waals surface area contributed by atoms with Crippen LogP contribution in [0.3, 0.4) is 0 Å². The summed E-state index contributed by atoms with van der Waals surface area (Å²) in [6.07, 6.45) is 1.81. The van der Waals surface area contributed by atoms with Gasteiger partial charge in [0.1, 0.15) is 5.70 Å². The summed E-state index contributed by atoms with van der Waals surface area (Å²) < 4.78 is 12.1. The summed E-state index contributed by atoms with van der Waals surface area (Å²) in [6.45, 7) is 7.38. The summed E-state index contributed by atoms with van der Waals surface area (Å²) in [7, 11) is 1.80. The molecule has 1 aromatic rings. The largest absolute Gasteiger partial charge is 0.490 e. The van der Waals surface area contributed by atoms with Crippen LogP contribution in [0.25, 0.3) is 6.08 Å². The Hall–Kier alpha value is -1.60. The molecule has 5 nitrogen and oxygen atoms in total. The van der Waals surface area contributed by atoms with Gasteiger partial charge in [0.25, 0.3) is 5.91 Å². The number of ether oxygens (including phenoxy) is 2. The summed E-state index contributed by atoms with van der Waals surface area (Å²) in [5, 5.41) is 0.515. The third-order valence-electron chi connectivity index (χ3n) is 3.61. The number of likely N-dealkylation sites (N-methyl/N-ethyl adjacent to an activating group) is 2. The maximum atomic E-state index is 12.5. The molecule has 1 heterocycles. The predicted molar refractivity (Wildman–Crippen MR) is 102 cm³/mol. The highest BCUT2D eigenvalue weighted by Gasteiger charge is 2.34. The lowest BCUT2D eigenvalue weighted by Crippen LogP contribution is -2.30. The van der Waals surface area contributed by atoms with Gasteiger partial charge in [0.2, 0.25) is 0 Å². The van der Waals surface area contributed by atoms with Crippen LogP contribution in [0, 0.1) is 0 Å². The Kier molecular flexibility index (Phi) is 6.23. The van der Waals surface area contributed by atoms with E-state index in [1.807, 2.05) is 39.0 Å². The van der Waals surface area contributed by atoms with E-state index >= 15 is 0 Å². The molecular formula is C17H21BrN2O3S. The molecule has 0 radical (unpaired) electrons. The molecule has 1 fully saturated rings. The molecule has 0 atom stereocenters. The van der Waals surface area contributed by atoms with E-state index in [-0.39, 0.29) is 5.91 Å². The molecule has 1 aliphatic rings. The summed E-state index contributed by atoms with van der Waals surface area (Å²) in [4.78, 5) is 15.8. The summed E-state index contributed by atoms with van der Waals surface area (Å²) in [6, 6.07) is 3.72. The zero-order valence-electron chi connectivity index (χ0n) is 14.3. The van der Waals surface area contributed by atoms with Crippen molar-refractivity contribution in [2.24, 2.45) is 0 Å². The van der Waals surface area contributed by atoms with Crippen molar-refractivity contribution in [3.8, 4) is 11.5 Å². The summed E-state index contributed by atoms with van der Waals surface area (Å²) >= 11 is 8.86. The molecule has 0 bridgehead atoms. The molecule has 0 aromatic heterocycles. The van der Waals surface area contributed by atoms with Crippen molar-refractivity contribution in [3.05, 3.63) is 27.9 Å². The Morgan fingerprint density at radius 1 is 1.17 bits per heavy atom. The number of carbonyl (C=O) groups is 1. The van der Waals surface area contributed by atoms with Crippen LogP contribution >= 0.6 is 28.1 Å². The number of carbonyl (C=O) groups excluding carboxylic acids is 1. The van der Waals surface area contributed by atoms with Gasteiger partial charge in [-0.2, -0.15) is 0 Å². The fraction of sp³-hybridized carbons (Fsp3) is 0.412. The molecule has 1 aliphatic heterocycles. The van der Waals surface area contributed by atoms with Gasteiger partial charge < -0.3 is 14.4 Å². The van der Waals surface area contributed by atoms with E-state index in [1.54, 1.807) is 16.8 Å². The van der Waals surface area contributed by atoms with Gasteiger partial charge in [0.05, 0.1) is 13.2 Å². The van der Waals surface area contributed by atoms with Crippen LogP contribution in [0.5, 0.6) is 11.5 Å². The fourth-order valence-corrected chi connectivity index (χ4v) is 3.18. The molecule has 2 rings (SSSR count). The van der Waals surface area contributed by atoms with Crippen molar-refractivity contribution in [3.63, 3.8) is 0 Å². The monoisotopic (exact) mass is 412 g/mol. The highest BCUT2D eigenvalue weighted by molar-refractivity contribution is 9.10. The van der Waals surface area contributed by atoms with Gasteiger partial charge in [-0.1, -0.05) is 15.9 Å². The quantitative estimate of drug-likeness (QED) is 0.526. The van der Waals surface area contributed by atoms with Crippen molar-refractivity contribution >= 4 is 45.2 Å². The minimum atomic E-state index is -0.0938. The molecule has 1 aromatic carbocycles. The number of nitrogens with zero attached hydrogens (tertiary/aromatic N) is 2. The number of hydrogen-bond acceptors (Lipinski definition) is 4. The molecule has 0 N–H and O–H groups in total. The zero-order chi connectivity index (χ0) is 17.9. The van der Waals surface area contributed by atoms with E-state index in [1.165, 1.54) is 0 Å². The Labute approximate surface area is 156 Å². The van der Waals surface area contributed by atoms with E-state index in [9.17, 15) is 4.79 Å². The van der Waals surface area contributed by atoms with Gasteiger partial charge in [-0.25, -0.2) is 0 Å². The summed E-state index contributed by atoms with van der Waals surface area (Å²) in [5.41, 5.74) is 1.37. The van der Waals surface area contributed by atoms with Gasteiger partial charge >= 0.3 is 0 Å². The highest BCUT2D eigenvalue weighted by Crippen LogP contribution is 2.35. The van der Waals surface area contributed by atoms with E-state index in [0.29, 0.717) is 42.1 Å². The molecule has 7 heteroatoms. The van der Waals surface area contributed by atoms with Crippen LogP contribution in [0.15, 0.2) is 22.3 Å². The van der Waals surface area contributed by atoms with Crippen molar-refractivity contribution in [2.75, 3.05) is 26.8 Å². The van der Waals surface area contributed by atoms with Crippen LogP contribution in [-0.4, -0.2) is 47.6 Å². The predicted octanol–water partition coefficient (Wildman–Crippen LogP) is 3.67. The number of thiocarbonyl (C=S) groups is 1. The van der Waals surface area contributed by atoms with Gasteiger partial charge in [0.15, 0.2) is 16.6 Å². The van der Waals surface area contributed by atoms with Crippen molar-refractivity contribution < 1.29 is 14.3 Å². The first-order valence-corrected chi connectivity index (χ1v) is 9.05. The number of hydrogen-bond donors (Lipinski definition) is 0. The van der Waals surface area contributed by atoms with Crippen LogP contribution < -0.4 is 9.47 Å². The Morgan fingerprint density at radius 3 is 2.25 bits per heavy atom. The summed E-state index contributed by atoms with van der Waals surface area (Å²) in [5.74, 6) is 1.23. The normalized spacial score (nSPS) is 16.3. The average Bonchev–Trinajstić information content (AvgIpc) is 2.75. The SMILES string of the molecule is CCOc1cc(Br)c(/C=C2/C(=O)N(CC)C(=S)N2C)cc1OCC. The number of amides is 1. The van der Waals surface area contributed by atoms with Gasteiger partial charge in [0, 0.05) is 18.1 Å². The third kappa shape index (κ3) is 3.57. The van der Waals surface area contributed by atoms with Crippen molar-refractivity contribution in [1.82, 2.24) is 9.80 Å². The lowest BCUT2D eigenvalue weighted by atomic mass is 10.1. The second-order valence-corrected chi connectivity index (χ2v) is 6.33. The van der Waals surface area contributed by atoms with E-state index in [4.69, 9.17) is 21.7 Å². The smallest absolute Gasteiger partial charge is 0.276 e. The van der Waals surface area contributed by atoms with Gasteiger partial charge in [-0.15, -0.1) is 0 Å². The Bertz CT molecular complexity index is 691.